The second-order valence-corrected chi connectivity index (χ2v) is 8.10. The number of quaternary nitrogens is 1. The molecule has 0 bridgehead atoms. The molecule has 1 saturated heterocycles. The Bertz CT molecular complexity index is 818. The first-order valence-corrected chi connectivity index (χ1v) is 10.9. The lowest BCUT2D eigenvalue weighted by atomic mass is 10.0. The van der Waals surface area contributed by atoms with Gasteiger partial charge in [-0.2, -0.15) is 0 Å². The van der Waals surface area contributed by atoms with Crippen LogP contribution in [0.1, 0.15) is 18.5 Å². The molecule has 1 aliphatic heterocycles. The van der Waals surface area contributed by atoms with Crippen LogP contribution in [-0.4, -0.2) is 65.9 Å². The van der Waals surface area contributed by atoms with E-state index >= 15 is 0 Å². The minimum absolute atomic E-state index is 0.0823. The molecule has 0 saturated carbocycles. The van der Waals surface area contributed by atoms with Crippen molar-refractivity contribution in [1.82, 2.24) is 5.32 Å². The van der Waals surface area contributed by atoms with E-state index < -0.39 is 0 Å². The standard InChI is InChI=1S/C24H33FN4O2/c1-4-31-18-24(30)26-17-23(19-5-9-21(10-6-19)27(2)3)29-15-13-28(14-16-29)22-11-7-20(25)8-12-22/h5-12,23H,4,13-18H2,1-3H3,(H,26,30)/p+1/t23-/m1/s1. The van der Waals surface area contributed by atoms with Gasteiger partial charge in [0.2, 0.25) is 5.91 Å². The molecule has 1 atom stereocenters. The molecule has 168 valence electrons. The summed E-state index contributed by atoms with van der Waals surface area (Å²) >= 11 is 0. The van der Waals surface area contributed by atoms with Crippen molar-refractivity contribution in [3.8, 4) is 0 Å². The quantitative estimate of drug-likeness (QED) is 0.634. The molecule has 6 nitrogen and oxygen atoms in total. The highest BCUT2D eigenvalue weighted by molar-refractivity contribution is 5.77. The Morgan fingerprint density at radius 3 is 2.35 bits per heavy atom. The molecule has 31 heavy (non-hydrogen) atoms. The minimum Gasteiger partial charge on any atom is -0.378 e. The molecule has 0 radical (unpaired) electrons. The van der Waals surface area contributed by atoms with E-state index in [-0.39, 0.29) is 24.4 Å². The third-order valence-corrected chi connectivity index (χ3v) is 5.84. The summed E-state index contributed by atoms with van der Waals surface area (Å²) in [6.45, 7) is 6.74. The van der Waals surface area contributed by atoms with Gasteiger partial charge in [-0.1, -0.05) is 12.1 Å². The van der Waals surface area contributed by atoms with Gasteiger partial charge >= 0.3 is 0 Å². The van der Waals surface area contributed by atoms with Crippen molar-refractivity contribution >= 4 is 17.3 Å². The van der Waals surface area contributed by atoms with Crippen molar-refractivity contribution in [2.75, 3.05) is 69.8 Å². The number of piperazine rings is 1. The first kappa shape index (κ1) is 23.0. The number of carbonyl (C=O) groups excluding carboxylic acids is 1. The molecule has 0 aliphatic carbocycles. The van der Waals surface area contributed by atoms with Crippen molar-refractivity contribution in [1.29, 1.82) is 0 Å². The summed E-state index contributed by atoms with van der Waals surface area (Å²) in [5, 5.41) is 3.05. The van der Waals surface area contributed by atoms with Crippen LogP contribution in [0.2, 0.25) is 0 Å². The Hall–Kier alpha value is -2.64. The van der Waals surface area contributed by atoms with Gasteiger partial charge in [0.1, 0.15) is 18.5 Å². The van der Waals surface area contributed by atoms with Crippen LogP contribution in [-0.2, 0) is 9.53 Å². The van der Waals surface area contributed by atoms with E-state index in [1.54, 1.807) is 0 Å². The van der Waals surface area contributed by atoms with Crippen LogP contribution in [0.5, 0.6) is 0 Å². The summed E-state index contributed by atoms with van der Waals surface area (Å²) in [5.41, 5.74) is 3.42. The van der Waals surface area contributed by atoms with E-state index in [2.05, 4.69) is 39.4 Å². The molecule has 0 aromatic heterocycles. The van der Waals surface area contributed by atoms with Crippen molar-refractivity contribution < 1.29 is 18.8 Å². The molecule has 1 aliphatic rings. The van der Waals surface area contributed by atoms with E-state index in [4.69, 9.17) is 4.74 Å². The summed E-state index contributed by atoms with van der Waals surface area (Å²) < 4.78 is 18.5. The topological polar surface area (TPSA) is 49.2 Å². The number of amides is 1. The molecular weight excluding hydrogens is 395 g/mol. The Labute approximate surface area is 184 Å². The fourth-order valence-corrected chi connectivity index (χ4v) is 4.02. The van der Waals surface area contributed by atoms with E-state index in [0.717, 1.165) is 37.6 Å². The number of benzene rings is 2. The van der Waals surface area contributed by atoms with Gasteiger partial charge in [0.15, 0.2) is 0 Å². The Morgan fingerprint density at radius 2 is 1.77 bits per heavy atom. The lowest BCUT2D eigenvalue weighted by molar-refractivity contribution is -0.931. The SMILES string of the molecule is CCOCC(=O)NC[C@H](c1ccc(N(C)C)cc1)[NH+]1CCN(c2ccc(F)cc2)CC1. The number of nitrogens with zero attached hydrogens (tertiary/aromatic N) is 2. The lowest BCUT2D eigenvalue weighted by Gasteiger charge is -2.38. The van der Waals surface area contributed by atoms with Gasteiger partial charge in [0.05, 0.1) is 32.7 Å². The molecule has 0 unspecified atom stereocenters. The fourth-order valence-electron chi connectivity index (χ4n) is 4.02. The maximum absolute atomic E-state index is 13.2. The van der Waals surface area contributed by atoms with Crippen LogP contribution in [0.25, 0.3) is 0 Å². The minimum atomic E-state index is -0.211. The smallest absolute Gasteiger partial charge is 0.246 e. The monoisotopic (exact) mass is 429 g/mol. The van der Waals surface area contributed by atoms with E-state index in [1.807, 2.05) is 33.2 Å². The molecule has 1 heterocycles. The number of hydrogen-bond acceptors (Lipinski definition) is 4. The van der Waals surface area contributed by atoms with Crippen LogP contribution >= 0.6 is 0 Å². The highest BCUT2D eigenvalue weighted by atomic mass is 19.1. The molecule has 2 N–H and O–H groups in total. The molecule has 2 aromatic carbocycles. The lowest BCUT2D eigenvalue weighted by Crippen LogP contribution is -3.15. The van der Waals surface area contributed by atoms with Crippen molar-refractivity contribution in [3.63, 3.8) is 0 Å². The van der Waals surface area contributed by atoms with Crippen molar-refractivity contribution in [3.05, 3.63) is 59.9 Å². The zero-order chi connectivity index (χ0) is 22.2. The van der Waals surface area contributed by atoms with Crippen LogP contribution in [0.15, 0.2) is 48.5 Å². The van der Waals surface area contributed by atoms with Gasteiger partial charge in [-0.3, -0.25) is 4.79 Å². The second kappa shape index (κ2) is 11.1. The molecule has 1 amide bonds. The molecular formula is C24H34FN4O2+. The highest BCUT2D eigenvalue weighted by Gasteiger charge is 2.29. The summed E-state index contributed by atoms with van der Waals surface area (Å²) in [6, 6.07) is 15.4. The van der Waals surface area contributed by atoms with Gasteiger partial charge in [0, 0.05) is 37.6 Å². The molecule has 0 spiro atoms. The van der Waals surface area contributed by atoms with Crippen LogP contribution in [0.4, 0.5) is 15.8 Å². The number of rotatable bonds is 9. The van der Waals surface area contributed by atoms with Crippen LogP contribution in [0, 0.1) is 5.82 Å². The number of nitrogens with one attached hydrogen (secondary N) is 2. The van der Waals surface area contributed by atoms with E-state index in [9.17, 15) is 9.18 Å². The normalized spacial score (nSPS) is 15.5. The first-order valence-electron chi connectivity index (χ1n) is 10.9. The zero-order valence-corrected chi connectivity index (χ0v) is 18.7. The number of carbonyl (C=O) groups is 1. The van der Waals surface area contributed by atoms with Crippen molar-refractivity contribution in [2.45, 2.75) is 13.0 Å². The summed E-state index contributed by atoms with van der Waals surface area (Å²) in [5.74, 6) is -0.293. The summed E-state index contributed by atoms with van der Waals surface area (Å²) in [7, 11) is 4.06. The number of halogens is 1. The van der Waals surface area contributed by atoms with E-state index in [0.29, 0.717) is 13.2 Å². The van der Waals surface area contributed by atoms with Gasteiger partial charge in [0.25, 0.3) is 0 Å². The summed E-state index contributed by atoms with van der Waals surface area (Å²) in [6.07, 6.45) is 0. The Balaban J connectivity index is 1.68. The van der Waals surface area contributed by atoms with Crippen molar-refractivity contribution in [2.24, 2.45) is 0 Å². The predicted molar refractivity (Wildman–Crippen MR) is 122 cm³/mol. The molecule has 1 fully saturated rings. The number of hydrogen-bond donors (Lipinski definition) is 2. The maximum atomic E-state index is 13.2. The number of ether oxygens (including phenoxy) is 1. The predicted octanol–water partition coefficient (Wildman–Crippen LogP) is 1.49. The van der Waals surface area contributed by atoms with Crippen LogP contribution in [0.3, 0.4) is 0 Å². The van der Waals surface area contributed by atoms with Gasteiger partial charge in [-0.15, -0.1) is 0 Å². The van der Waals surface area contributed by atoms with Gasteiger partial charge in [-0.05, 0) is 43.3 Å². The van der Waals surface area contributed by atoms with Gasteiger partial charge in [-0.25, -0.2) is 4.39 Å². The first-order chi connectivity index (χ1) is 15.0. The summed E-state index contributed by atoms with van der Waals surface area (Å²) in [4.78, 5) is 18.0. The fraction of sp³-hybridized carbons (Fsp3) is 0.458. The molecule has 7 heteroatoms. The van der Waals surface area contributed by atoms with Crippen LogP contribution < -0.4 is 20.0 Å². The third-order valence-electron chi connectivity index (χ3n) is 5.84. The third kappa shape index (κ3) is 6.42. The Morgan fingerprint density at radius 1 is 1.13 bits per heavy atom. The molecule has 3 rings (SSSR count). The zero-order valence-electron chi connectivity index (χ0n) is 18.7. The second-order valence-electron chi connectivity index (χ2n) is 8.10. The van der Waals surface area contributed by atoms with Gasteiger partial charge < -0.3 is 24.8 Å². The highest BCUT2D eigenvalue weighted by Crippen LogP contribution is 2.18. The number of anilines is 2. The Kier molecular flexibility index (Phi) is 8.26. The molecule has 2 aromatic rings. The average molecular weight is 430 g/mol. The average Bonchev–Trinajstić information content (AvgIpc) is 2.79. The largest absolute Gasteiger partial charge is 0.378 e. The maximum Gasteiger partial charge on any atom is 0.246 e. The van der Waals surface area contributed by atoms with E-state index in [1.165, 1.54) is 22.6 Å².